The number of esters is 2. The number of benzene rings is 2. The third-order valence-corrected chi connectivity index (χ3v) is 5.49. The molecule has 4 atom stereocenters. The van der Waals surface area contributed by atoms with Gasteiger partial charge in [0.1, 0.15) is 0 Å². The average molecular weight is 354 g/mol. The van der Waals surface area contributed by atoms with Crippen LogP contribution in [0.1, 0.15) is 25.0 Å². The van der Waals surface area contributed by atoms with Crippen molar-refractivity contribution in [2.45, 2.75) is 37.3 Å². The van der Waals surface area contributed by atoms with Gasteiger partial charge in [0.05, 0.1) is 13.2 Å². The van der Waals surface area contributed by atoms with Gasteiger partial charge in [-0.2, -0.15) is 0 Å². The Hall–Kier alpha value is -2.44. The highest BCUT2D eigenvalue weighted by molar-refractivity contribution is 5.99. The van der Waals surface area contributed by atoms with Crippen LogP contribution in [0, 0.1) is 0 Å². The minimum atomic E-state index is -1.03. The summed E-state index contributed by atoms with van der Waals surface area (Å²) in [7, 11) is 0. The zero-order chi connectivity index (χ0) is 18.1. The first-order chi connectivity index (χ1) is 12.6. The minimum absolute atomic E-state index is 0.265. The molecule has 0 aromatic heterocycles. The predicted octanol–water partition coefficient (Wildman–Crippen LogP) is 2.17. The number of carbonyl (C=O) groups excluding carboxylic acids is 2. The first-order valence-corrected chi connectivity index (χ1v) is 8.83. The third-order valence-electron chi connectivity index (χ3n) is 5.49. The van der Waals surface area contributed by atoms with Gasteiger partial charge >= 0.3 is 11.9 Å². The van der Waals surface area contributed by atoms with E-state index in [0.717, 1.165) is 21.9 Å². The fourth-order valence-electron chi connectivity index (χ4n) is 4.50. The van der Waals surface area contributed by atoms with Crippen LogP contribution in [0.4, 0.5) is 0 Å². The lowest BCUT2D eigenvalue weighted by atomic mass is 9.83. The Morgan fingerprint density at radius 3 is 1.77 bits per heavy atom. The summed E-state index contributed by atoms with van der Waals surface area (Å²) in [6.07, 6.45) is -1.58. The van der Waals surface area contributed by atoms with Crippen molar-refractivity contribution in [3.8, 4) is 0 Å². The molecule has 1 aliphatic carbocycles. The van der Waals surface area contributed by atoms with Crippen LogP contribution in [-0.4, -0.2) is 37.4 Å². The molecule has 2 spiro atoms. The molecule has 0 amide bonds. The Morgan fingerprint density at radius 2 is 1.35 bits per heavy atom. The SMILES string of the molecule is CCOC(=O)C1OC12c1cccc3cccc(c13)C21OC1C(=O)OCC. The van der Waals surface area contributed by atoms with Gasteiger partial charge in [0.25, 0.3) is 0 Å². The molecule has 26 heavy (non-hydrogen) atoms. The second kappa shape index (κ2) is 5.05. The van der Waals surface area contributed by atoms with E-state index in [2.05, 4.69) is 0 Å². The van der Waals surface area contributed by atoms with Crippen molar-refractivity contribution in [1.82, 2.24) is 0 Å². The van der Waals surface area contributed by atoms with E-state index in [1.807, 2.05) is 36.4 Å². The molecule has 2 heterocycles. The molecule has 0 saturated carbocycles. The van der Waals surface area contributed by atoms with Crippen molar-refractivity contribution in [2.75, 3.05) is 13.2 Å². The summed E-state index contributed by atoms with van der Waals surface area (Å²) >= 11 is 0. The summed E-state index contributed by atoms with van der Waals surface area (Å²) in [6, 6.07) is 11.7. The largest absolute Gasteiger partial charge is 0.464 e. The van der Waals surface area contributed by atoms with E-state index >= 15 is 0 Å². The number of epoxide rings is 2. The van der Waals surface area contributed by atoms with Crippen LogP contribution in [0.5, 0.6) is 0 Å². The summed E-state index contributed by atoms with van der Waals surface area (Å²) < 4.78 is 22.3. The normalized spacial score (nSPS) is 32.8. The molecule has 0 radical (unpaired) electrons. The first kappa shape index (κ1) is 15.8. The summed E-state index contributed by atoms with van der Waals surface area (Å²) in [4.78, 5) is 24.9. The Labute approximate surface area is 150 Å². The lowest BCUT2D eigenvalue weighted by Gasteiger charge is -2.15. The molecule has 2 aliphatic heterocycles. The zero-order valence-electron chi connectivity index (χ0n) is 14.5. The number of hydrogen-bond acceptors (Lipinski definition) is 6. The Balaban J connectivity index is 1.68. The Kier molecular flexibility index (Phi) is 3.07. The molecule has 0 N–H and O–H groups in total. The highest BCUT2D eigenvalue weighted by atomic mass is 16.7. The topological polar surface area (TPSA) is 77.7 Å². The van der Waals surface area contributed by atoms with Crippen LogP contribution in [0.25, 0.3) is 10.8 Å². The number of fused-ring (bicyclic) bond motifs is 3. The van der Waals surface area contributed by atoms with E-state index in [1.54, 1.807) is 13.8 Å². The second-order valence-corrected chi connectivity index (χ2v) is 6.68. The Bertz CT molecular complexity index is 880. The van der Waals surface area contributed by atoms with Crippen LogP contribution >= 0.6 is 0 Å². The van der Waals surface area contributed by atoms with Gasteiger partial charge in [-0.15, -0.1) is 0 Å². The smallest absolute Gasteiger partial charge is 0.338 e. The highest BCUT2D eigenvalue weighted by Crippen LogP contribution is 2.74. The number of ether oxygens (including phenoxy) is 4. The predicted molar refractivity (Wildman–Crippen MR) is 90.3 cm³/mol. The van der Waals surface area contributed by atoms with Crippen molar-refractivity contribution in [3.63, 3.8) is 0 Å². The maximum Gasteiger partial charge on any atom is 0.338 e. The molecule has 6 heteroatoms. The van der Waals surface area contributed by atoms with Crippen molar-refractivity contribution >= 4 is 22.7 Å². The van der Waals surface area contributed by atoms with Crippen molar-refractivity contribution in [2.24, 2.45) is 0 Å². The number of hydrogen-bond donors (Lipinski definition) is 0. The van der Waals surface area contributed by atoms with Crippen molar-refractivity contribution < 1.29 is 28.5 Å². The third kappa shape index (κ3) is 1.64. The van der Waals surface area contributed by atoms with Gasteiger partial charge < -0.3 is 18.9 Å². The van der Waals surface area contributed by atoms with Crippen LogP contribution in [0.2, 0.25) is 0 Å². The standard InChI is InChI=1S/C20H18O6/c1-3-23-17(21)15-19(25-15)12-9-5-7-11-8-6-10-13(14(11)12)20(19)16(26-20)18(22)24-4-2/h5-10,15-16H,3-4H2,1-2H3. The highest BCUT2D eigenvalue weighted by Gasteiger charge is 2.88. The van der Waals surface area contributed by atoms with E-state index in [1.165, 1.54) is 0 Å². The van der Waals surface area contributed by atoms with Crippen LogP contribution in [-0.2, 0) is 39.7 Å². The Morgan fingerprint density at radius 1 is 0.885 bits per heavy atom. The van der Waals surface area contributed by atoms with Gasteiger partial charge in [0, 0.05) is 0 Å². The lowest BCUT2D eigenvalue weighted by Crippen LogP contribution is -2.34. The maximum atomic E-state index is 12.4. The minimum Gasteiger partial charge on any atom is -0.464 e. The quantitative estimate of drug-likeness (QED) is 0.619. The van der Waals surface area contributed by atoms with Gasteiger partial charge in [-0.3, -0.25) is 0 Å². The average Bonchev–Trinajstić information content (AvgIpc) is 3.52. The molecule has 2 aromatic carbocycles. The van der Waals surface area contributed by atoms with Gasteiger partial charge in [0.2, 0.25) is 0 Å². The lowest BCUT2D eigenvalue weighted by molar-refractivity contribution is -0.145. The molecule has 134 valence electrons. The van der Waals surface area contributed by atoms with Crippen molar-refractivity contribution in [3.05, 3.63) is 47.5 Å². The molecular weight excluding hydrogens is 336 g/mol. The van der Waals surface area contributed by atoms with Gasteiger partial charge in [-0.05, 0) is 35.7 Å². The van der Waals surface area contributed by atoms with E-state index in [9.17, 15) is 9.59 Å². The molecule has 5 rings (SSSR count). The van der Waals surface area contributed by atoms with Gasteiger partial charge in [-0.25, -0.2) is 9.59 Å². The van der Waals surface area contributed by atoms with E-state index in [4.69, 9.17) is 18.9 Å². The maximum absolute atomic E-state index is 12.4. The van der Waals surface area contributed by atoms with Crippen molar-refractivity contribution in [1.29, 1.82) is 0 Å². The molecule has 3 aliphatic rings. The molecule has 0 bridgehead atoms. The molecule has 2 aromatic rings. The summed E-state index contributed by atoms with van der Waals surface area (Å²) in [6.45, 7) is 4.03. The monoisotopic (exact) mass is 354 g/mol. The fraction of sp³-hybridized carbons (Fsp3) is 0.400. The van der Waals surface area contributed by atoms with E-state index in [0.29, 0.717) is 0 Å². The zero-order valence-corrected chi connectivity index (χ0v) is 14.5. The van der Waals surface area contributed by atoms with Gasteiger partial charge in [-0.1, -0.05) is 36.4 Å². The fourth-order valence-corrected chi connectivity index (χ4v) is 4.50. The summed E-state index contributed by atoms with van der Waals surface area (Å²) in [5.74, 6) is -0.871. The van der Waals surface area contributed by atoms with Crippen LogP contribution in [0.3, 0.4) is 0 Å². The van der Waals surface area contributed by atoms with Crippen LogP contribution in [0.15, 0.2) is 36.4 Å². The molecule has 2 saturated heterocycles. The summed E-state index contributed by atoms with van der Waals surface area (Å²) in [5, 5.41) is 2.00. The second-order valence-electron chi connectivity index (χ2n) is 6.68. The van der Waals surface area contributed by atoms with E-state index in [-0.39, 0.29) is 13.2 Å². The number of rotatable bonds is 4. The van der Waals surface area contributed by atoms with E-state index < -0.39 is 35.3 Å². The summed E-state index contributed by atoms with van der Waals surface area (Å²) in [5.41, 5.74) is -0.314. The molecular formula is C20H18O6. The molecule has 2 fully saturated rings. The van der Waals surface area contributed by atoms with Gasteiger partial charge in [0.15, 0.2) is 23.4 Å². The molecule has 6 nitrogen and oxygen atoms in total. The first-order valence-electron chi connectivity index (χ1n) is 8.83. The number of carbonyl (C=O) groups is 2. The van der Waals surface area contributed by atoms with Crippen LogP contribution < -0.4 is 0 Å². The molecule has 4 unspecified atom stereocenters.